The zero-order valence-corrected chi connectivity index (χ0v) is 16.4. The molecule has 1 saturated heterocycles. The van der Waals surface area contributed by atoms with Gasteiger partial charge in [-0.1, -0.05) is 24.3 Å². The van der Waals surface area contributed by atoms with Gasteiger partial charge in [0, 0.05) is 32.2 Å². The highest BCUT2D eigenvalue weighted by atomic mass is 32.2. The third-order valence-corrected chi connectivity index (χ3v) is 6.43. The Balaban J connectivity index is 1.95. The van der Waals surface area contributed by atoms with Crippen molar-refractivity contribution in [2.45, 2.75) is 45.4 Å². The molecule has 0 bridgehead atoms. The number of guanidine groups is 1. The number of aliphatic imine (C=N–C) groups is 1. The second kappa shape index (κ2) is 8.67. The van der Waals surface area contributed by atoms with Gasteiger partial charge in [0.15, 0.2) is 15.8 Å². The zero-order valence-electron chi connectivity index (χ0n) is 15.6. The second-order valence-corrected chi connectivity index (χ2v) is 9.18. The van der Waals surface area contributed by atoms with Crippen molar-refractivity contribution in [3.05, 3.63) is 35.4 Å². The lowest BCUT2D eigenvalue weighted by atomic mass is 10.1. The minimum atomic E-state index is -2.90. The summed E-state index contributed by atoms with van der Waals surface area (Å²) >= 11 is 0. The molecule has 0 radical (unpaired) electrons. The van der Waals surface area contributed by atoms with Gasteiger partial charge < -0.3 is 10.6 Å². The van der Waals surface area contributed by atoms with Crippen LogP contribution in [0, 0.1) is 0 Å². The highest BCUT2D eigenvalue weighted by molar-refractivity contribution is 7.91. The topological polar surface area (TPSA) is 73.8 Å². The van der Waals surface area contributed by atoms with Crippen LogP contribution in [-0.4, -0.2) is 57.0 Å². The van der Waals surface area contributed by atoms with Crippen LogP contribution in [0.2, 0.25) is 0 Å². The second-order valence-electron chi connectivity index (χ2n) is 6.95. The normalized spacial score (nSPS) is 20.2. The molecule has 1 heterocycles. The van der Waals surface area contributed by atoms with Crippen LogP contribution in [0.15, 0.2) is 29.3 Å². The molecule has 1 aromatic rings. The van der Waals surface area contributed by atoms with Gasteiger partial charge in [-0.2, -0.15) is 0 Å². The van der Waals surface area contributed by atoms with Crippen LogP contribution < -0.4 is 10.6 Å². The predicted octanol–water partition coefficient (Wildman–Crippen LogP) is 1.38. The monoisotopic (exact) mass is 366 g/mol. The van der Waals surface area contributed by atoms with Gasteiger partial charge in [0.05, 0.1) is 11.5 Å². The summed E-state index contributed by atoms with van der Waals surface area (Å²) in [6, 6.07) is 8.79. The largest absolute Gasteiger partial charge is 0.353 e. The molecule has 1 atom stereocenters. The first kappa shape index (κ1) is 19.7. The lowest BCUT2D eigenvalue weighted by molar-refractivity contribution is 0.265. The molecule has 0 aromatic heterocycles. The summed E-state index contributed by atoms with van der Waals surface area (Å²) in [5.74, 6) is 1.09. The van der Waals surface area contributed by atoms with Gasteiger partial charge in [0.25, 0.3) is 0 Å². The Kier molecular flexibility index (Phi) is 6.84. The number of benzene rings is 1. The number of nitrogens with zero attached hydrogens (tertiary/aromatic N) is 2. The highest BCUT2D eigenvalue weighted by Gasteiger charge is 2.28. The zero-order chi connectivity index (χ0) is 18.4. The average molecular weight is 367 g/mol. The lowest BCUT2D eigenvalue weighted by Gasteiger charge is -2.23. The number of nitrogens with one attached hydrogen (secondary N) is 2. The van der Waals surface area contributed by atoms with Gasteiger partial charge in [-0.3, -0.25) is 9.89 Å². The van der Waals surface area contributed by atoms with E-state index in [2.05, 4.69) is 59.6 Å². The molecule has 1 aromatic carbocycles. The van der Waals surface area contributed by atoms with E-state index in [1.54, 1.807) is 7.05 Å². The van der Waals surface area contributed by atoms with E-state index >= 15 is 0 Å². The van der Waals surface area contributed by atoms with Crippen LogP contribution in [0.25, 0.3) is 0 Å². The summed E-state index contributed by atoms with van der Waals surface area (Å²) in [5, 5.41) is 6.53. The van der Waals surface area contributed by atoms with Crippen molar-refractivity contribution in [1.82, 2.24) is 15.5 Å². The van der Waals surface area contributed by atoms with Gasteiger partial charge in [0.1, 0.15) is 0 Å². The van der Waals surface area contributed by atoms with Crippen LogP contribution in [0.1, 0.15) is 31.4 Å². The van der Waals surface area contributed by atoms with Gasteiger partial charge >= 0.3 is 0 Å². The highest BCUT2D eigenvalue weighted by Crippen LogP contribution is 2.13. The molecule has 0 amide bonds. The van der Waals surface area contributed by atoms with Crippen LogP contribution in [-0.2, 0) is 22.9 Å². The summed E-state index contributed by atoms with van der Waals surface area (Å²) < 4.78 is 23.2. The Labute approximate surface area is 151 Å². The molecule has 25 heavy (non-hydrogen) atoms. The molecule has 140 valence electrons. The van der Waals surface area contributed by atoms with E-state index in [0.29, 0.717) is 25.0 Å². The summed E-state index contributed by atoms with van der Waals surface area (Å²) in [6.07, 6.45) is 0.638. The van der Waals surface area contributed by atoms with E-state index in [1.807, 2.05) is 6.07 Å². The Morgan fingerprint density at radius 2 is 2.00 bits per heavy atom. The Morgan fingerprint density at radius 3 is 2.56 bits per heavy atom. The quantitative estimate of drug-likeness (QED) is 0.588. The van der Waals surface area contributed by atoms with Crippen molar-refractivity contribution in [3.63, 3.8) is 0 Å². The Bertz CT molecular complexity index is 701. The van der Waals surface area contributed by atoms with Crippen molar-refractivity contribution < 1.29 is 8.42 Å². The van der Waals surface area contributed by atoms with Crippen molar-refractivity contribution in [2.24, 2.45) is 4.99 Å². The summed E-state index contributed by atoms with van der Waals surface area (Å²) in [5.41, 5.74) is 2.50. The molecule has 0 saturated carbocycles. The van der Waals surface area contributed by atoms with Crippen LogP contribution in [0.3, 0.4) is 0 Å². The van der Waals surface area contributed by atoms with Crippen molar-refractivity contribution in [3.8, 4) is 0 Å². The summed E-state index contributed by atoms with van der Waals surface area (Å²) in [7, 11) is 0.931. The first-order chi connectivity index (χ1) is 11.8. The third kappa shape index (κ3) is 6.01. The maximum absolute atomic E-state index is 11.6. The van der Waals surface area contributed by atoms with Crippen molar-refractivity contribution in [2.75, 3.05) is 25.6 Å². The SMILES string of the molecule is CN=C(NCc1ccccc1CN(C)C(C)C)NC1CCS(=O)(=O)C1. The van der Waals surface area contributed by atoms with E-state index in [9.17, 15) is 8.42 Å². The van der Waals surface area contributed by atoms with Crippen LogP contribution in [0.5, 0.6) is 0 Å². The molecular formula is C18H30N4O2S. The lowest BCUT2D eigenvalue weighted by Crippen LogP contribution is -2.43. The smallest absolute Gasteiger partial charge is 0.191 e. The first-order valence-electron chi connectivity index (χ1n) is 8.75. The summed E-state index contributed by atoms with van der Waals surface area (Å²) in [4.78, 5) is 6.52. The van der Waals surface area contributed by atoms with Crippen LogP contribution >= 0.6 is 0 Å². The first-order valence-corrected chi connectivity index (χ1v) is 10.6. The number of sulfone groups is 1. The third-order valence-electron chi connectivity index (χ3n) is 4.66. The van der Waals surface area contributed by atoms with Gasteiger partial charge in [-0.15, -0.1) is 0 Å². The van der Waals surface area contributed by atoms with Crippen molar-refractivity contribution in [1.29, 1.82) is 0 Å². The van der Waals surface area contributed by atoms with Crippen molar-refractivity contribution >= 4 is 15.8 Å². The fourth-order valence-corrected chi connectivity index (χ4v) is 4.48. The molecule has 1 fully saturated rings. The van der Waals surface area contributed by atoms with E-state index in [1.165, 1.54) is 11.1 Å². The molecule has 0 spiro atoms. The maximum Gasteiger partial charge on any atom is 0.191 e. The Morgan fingerprint density at radius 1 is 1.32 bits per heavy atom. The Hall–Kier alpha value is -1.60. The minimum absolute atomic E-state index is 0.0569. The molecule has 6 nitrogen and oxygen atoms in total. The maximum atomic E-state index is 11.6. The van der Waals surface area contributed by atoms with Crippen LogP contribution in [0.4, 0.5) is 0 Å². The van der Waals surface area contributed by atoms with Gasteiger partial charge in [-0.25, -0.2) is 8.42 Å². The van der Waals surface area contributed by atoms with E-state index in [4.69, 9.17) is 0 Å². The number of hydrogen-bond acceptors (Lipinski definition) is 4. The number of hydrogen-bond donors (Lipinski definition) is 2. The molecular weight excluding hydrogens is 336 g/mol. The van der Waals surface area contributed by atoms with Gasteiger partial charge in [-0.05, 0) is 38.4 Å². The molecule has 2 N–H and O–H groups in total. The minimum Gasteiger partial charge on any atom is -0.353 e. The number of rotatable bonds is 6. The fraction of sp³-hybridized carbons (Fsp3) is 0.611. The van der Waals surface area contributed by atoms with E-state index in [-0.39, 0.29) is 17.5 Å². The molecule has 2 rings (SSSR count). The molecule has 1 unspecified atom stereocenters. The molecule has 7 heteroatoms. The molecule has 1 aliphatic rings. The van der Waals surface area contributed by atoms with E-state index in [0.717, 1.165) is 6.54 Å². The fourth-order valence-electron chi connectivity index (χ4n) is 2.81. The summed E-state index contributed by atoms with van der Waals surface area (Å²) in [6.45, 7) is 5.91. The van der Waals surface area contributed by atoms with E-state index < -0.39 is 9.84 Å². The molecule has 1 aliphatic heterocycles. The average Bonchev–Trinajstić information content (AvgIpc) is 2.91. The molecule has 0 aliphatic carbocycles. The van der Waals surface area contributed by atoms with Gasteiger partial charge in [0.2, 0.25) is 0 Å². The standard InChI is InChI=1S/C18H30N4O2S/c1-14(2)22(4)12-16-8-6-5-7-15(16)11-20-18(19-3)21-17-9-10-25(23,24)13-17/h5-8,14,17H,9-13H2,1-4H3,(H2,19,20,21). The predicted molar refractivity (Wildman–Crippen MR) is 103 cm³/mol.